The summed E-state index contributed by atoms with van der Waals surface area (Å²) < 4.78 is 0. The third kappa shape index (κ3) is 7.64. The monoisotopic (exact) mass is 747 g/mol. The quantitative estimate of drug-likeness (QED) is 0.230. The van der Waals surface area contributed by atoms with Gasteiger partial charge < -0.3 is 25.5 Å². The third-order valence-corrected chi connectivity index (χ3v) is 12.5. The van der Waals surface area contributed by atoms with Crippen LogP contribution in [0.15, 0.2) is 48.7 Å². The number of imide groups is 1. The lowest BCUT2D eigenvalue weighted by Crippen LogP contribution is -2.47. The summed E-state index contributed by atoms with van der Waals surface area (Å²) in [4.78, 5) is 80.4. The predicted molar refractivity (Wildman–Crippen MR) is 205 cm³/mol. The first kappa shape index (κ1) is 36.9. The Morgan fingerprint density at radius 2 is 1.53 bits per heavy atom. The molecule has 13 heteroatoms. The SMILES string of the molecule is NC(=O)c1ncc(N2CCC(CO)CC2)nc1Cc1ccc(C2CCN(C[C@@H]3CCN(c4ccc5c(c4)C(=O)N(C4CCC(=O)CC4=O)C5=O)C3)CC2)cc1. The Bertz CT molecular complexity index is 1990. The van der Waals surface area contributed by atoms with Crippen molar-refractivity contribution in [3.63, 3.8) is 0 Å². The Morgan fingerprint density at radius 3 is 2.24 bits per heavy atom. The summed E-state index contributed by atoms with van der Waals surface area (Å²) >= 11 is 0. The molecule has 3 amide bonds. The number of hydrogen-bond acceptors (Lipinski definition) is 11. The molecule has 2 aromatic carbocycles. The average molecular weight is 748 g/mol. The zero-order valence-corrected chi connectivity index (χ0v) is 31.2. The fourth-order valence-corrected chi connectivity index (χ4v) is 9.23. The number of Topliss-reactive ketones (excluding diaryl/α,β-unsaturated/α-hetero) is 2. The molecule has 1 unspecified atom stereocenters. The maximum Gasteiger partial charge on any atom is 0.269 e. The lowest BCUT2D eigenvalue weighted by Gasteiger charge is -2.34. The molecule has 0 bridgehead atoms. The van der Waals surface area contributed by atoms with Crippen molar-refractivity contribution >= 4 is 40.8 Å². The zero-order chi connectivity index (χ0) is 38.2. The van der Waals surface area contributed by atoms with E-state index in [4.69, 9.17) is 10.7 Å². The number of likely N-dealkylation sites (tertiary alicyclic amines) is 1. The van der Waals surface area contributed by atoms with E-state index in [2.05, 4.69) is 43.9 Å². The van der Waals surface area contributed by atoms with Crippen LogP contribution in [0.2, 0.25) is 0 Å². The lowest BCUT2D eigenvalue weighted by atomic mass is 9.88. The predicted octanol–water partition coefficient (Wildman–Crippen LogP) is 3.37. The van der Waals surface area contributed by atoms with Gasteiger partial charge in [-0.1, -0.05) is 24.3 Å². The number of ketones is 2. The van der Waals surface area contributed by atoms with E-state index in [9.17, 15) is 29.1 Å². The first-order valence-corrected chi connectivity index (χ1v) is 19.8. The number of aromatic nitrogens is 2. The molecule has 3 aromatic rings. The van der Waals surface area contributed by atoms with Crippen molar-refractivity contribution in [3.05, 3.63) is 82.3 Å². The van der Waals surface area contributed by atoms with Crippen LogP contribution < -0.4 is 15.5 Å². The molecule has 3 saturated heterocycles. The minimum atomic E-state index is -0.859. The van der Waals surface area contributed by atoms with Crippen LogP contribution in [0.1, 0.15) is 105 Å². The Balaban J connectivity index is 0.830. The number of aliphatic hydroxyl groups is 1. The highest BCUT2D eigenvalue weighted by Crippen LogP contribution is 2.35. The van der Waals surface area contributed by atoms with Crippen LogP contribution in [0.25, 0.3) is 0 Å². The number of amides is 3. The minimum absolute atomic E-state index is 0.140. The van der Waals surface area contributed by atoms with Crippen LogP contribution >= 0.6 is 0 Å². The van der Waals surface area contributed by atoms with Gasteiger partial charge in [0.25, 0.3) is 17.7 Å². The molecule has 288 valence electrons. The highest BCUT2D eigenvalue weighted by Gasteiger charge is 2.44. The molecule has 1 saturated carbocycles. The number of benzene rings is 2. The van der Waals surface area contributed by atoms with E-state index in [0.717, 1.165) is 99.9 Å². The fraction of sp³-hybridized carbons (Fsp3) is 0.500. The molecule has 1 aromatic heterocycles. The lowest BCUT2D eigenvalue weighted by molar-refractivity contribution is -0.132. The van der Waals surface area contributed by atoms with Crippen molar-refractivity contribution in [2.45, 2.75) is 69.7 Å². The first-order chi connectivity index (χ1) is 26.6. The summed E-state index contributed by atoms with van der Waals surface area (Å²) in [5, 5.41) is 9.50. The van der Waals surface area contributed by atoms with Crippen molar-refractivity contribution in [2.24, 2.45) is 17.6 Å². The summed E-state index contributed by atoms with van der Waals surface area (Å²) in [7, 11) is 0. The van der Waals surface area contributed by atoms with Gasteiger partial charge in [-0.05, 0) is 98.7 Å². The van der Waals surface area contributed by atoms with Crippen molar-refractivity contribution in [2.75, 3.05) is 62.2 Å². The summed E-state index contributed by atoms with van der Waals surface area (Å²) in [5.74, 6) is 0.0702. The number of carbonyl (C=O) groups is 5. The van der Waals surface area contributed by atoms with Crippen molar-refractivity contribution in [3.8, 4) is 0 Å². The van der Waals surface area contributed by atoms with Crippen molar-refractivity contribution in [1.82, 2.24) is 19.8 Å². The molecule has 3 N–H and O–H groups in total. The molecular formula is C42H49N7O6. The Hall–Kier alpha value is -5.01. The maximum atomic E-state index is 13.4. The number of piperidine rings is 2. The smallest absolute Gasteiger partial charge is 0.269 e. The average Bonchev–Trinajstić information content (AvgIpc) is 3.76. The van der Waals surface area contributed by atoms with Crippen molar-refractivity contribution < 1.29 is 29.1 Å². The highest BCUT2D eigenvalue weighted by atomic mass is 16.3. The van der Waals surface area contributed by atoms with Gasteiger partial charge in [-0.15, -0.1) is 0 Å². The summed E-state index contributed by atoms with van der Waals surface area (Å²) in [6.45, 7) is 6.61. The van der Waals surface area contributed by atoms with Gasteiger partial charge in [-0.2, -0.15) is 0 Å². The minimum Gasteiger partial charge on any atom is -0.396 e. The number of hydrogen-bond donors (Lipinski definition) is 2. The van der Waals surface area contributed by atoms with Crippen molar-refractivity contribution in [1.29, 1.82) is 0 Å². The number of nitrogens with zero attached hydrogens (tertiary/aromatic N) is 6. The van der Waals surface area contributed by atoms with Crippen LogP contribution in [0, 0.1) is 11.8 Å². The molecule has 5 aliphatic rings. The number of aliphatic hydroxyl groups excluding tert-OH is 1. The second-order valence-corrected chi connectivity index (χ2v) is 16.0. The molecule has 55 heavy (non-hydrogen) atoms. The standard InChI is InChI=1S/C42H49N7O6/c43-40(53)39-35(45-38(22-44-39)47-16-9-27(25-50)10-17-47)19-26-1-3-29(4-2-26)30-12-14-46(15-13-30)23-28-11-18-48(24-28)31-5-7-33-34(20-31)42(55)49(41(33)54)36-8-6-32(51)21-37(36)52/h1-5,7,20,22,27-28,30,36,50H,6,8-19,21,23-25H2,(H2,43,53)/t28-,36?/m0/s1. The summed E-state index contributed by atoms with van der Waals surface area (Å²) in [5.41, 5.74) is 10.4. The Morgan fingerprint density at radius 1 is 0.818 bits per heavy atom. The van der Waals surface area contributed by atoms with Crippen LogP contribution in [0.3, 0.4) is 0 Å². The first-order valence-electron chi connectivity index (χ1n) is 19.8. The highest BCUT2D eigenvalue weighted by molar-refractivity contribution is 6.24. The zero-order valence-electron chi connectivity index (χ0n) is 31.2. The van der Waals surface area contributed by atoms with Crippen LogP contribution in [-0.2, 0) is 16.0 Å². The second-order valence-electron chi connectivity index (χ2n) is 16.0. The number of rotatable bonds is 10. The summed E-state index contributed by atoms with van der Waals surface area (Å²) in [6.07, 6.45) is 7.29. The van der Waals surface area contributed by atoms with E-state index in [1.54, 1.807) is 18.3 Å². The summed E-state index contributed by atoms with van der Waals surface area (Å²) in [6, 6.07) is 13.2. The number of fused-ring (bicyclic) bond motifs is 1. The maximum absolute atomic E-state index is 13.4. The van der Waals surface area contributed by atoms with Gasteiger partial charge in [0.05, 0.1) is 35.5 Å². The molecule has 13 nitrogen and oxygen atoms in total. The van der Waals surface area contributed by atoms with E-state index in [1.165, 1.54) is 5.56 Å². The van der Waals surface area contributed by atoms with Crippen LogP contribution in [0.5, 0.6) is 0 Å². The Kier molecular flexibility index (Phi) is 10.5. The number of primary amides is 1. The van der Waals surface area contributed by atoms with Crippen LogP contribution in [0.4, 0.5) is 11.5 Å². The number of nitrogens with two attached hydrogens (primary N) is 1. The number of carbonyl (C=O) groups excluding carboxylic acids is 5. The van der Waals surface area contributed by atoms with E-state index in [0.29, 0.717) is 41.0 Å². The molecule has 5 heterocycles. The molecule has 1 aliphatic carbocycles. The van der Waals surface area contributed by atoms with E-state index in [-0.39, 0.29) is 43.1 Å². The molecule has 8 rings (SSSR count). The van der Waals surface area contributed by atoms with Gasteiger partial charge in [0.15, 0.2) is 5.78 Å². The van der Waals surface area contributed by atoms with Gasteiger partial charge in [0.1, 0.15) is 17.3 Å². The Labute approximate surface area is 320 Å². The molecule has 0 spiro atoms. The largest absolute Gasteiger partial charge is 0.396 e. The fourth-order valence-electron chi connectivity index (χ4n) is 9.23. The number of anilines is 2. The third-order valence-electron chi connectivity index (χ3n) is 12.5. The molecule has 0 radical (unpaired) electrons. The normalized spacial score (nSPS) is 22.9. The van der Waals surface area contributed by atoms with Gasteiger partial charge in [-0.3, -0.25) is 28.9 Å². The molecule has 4 aliphatic heterocycles. The molecule has 4 fully saturated rings. The van der Waals surface area contributed by atoms with Gasteiger partial charge >= 0.3 is 0 Å². The topological polar surface area (TPSA) is 170 Å². The molecule has 2 atom stereocenters. The van der Waals surface area contributed by atoms with E-state index in [1.807, 2.05) is 6.07 Å². The van der Waals surface area contributed by atoms with E-state index < -0.39 is 23.8 Å². The van der Waals surface area contributed by atoms with Gasteiger partial charge in [0.2, 0.25) is 0 Å². The van der Waals surface area contributed by atoms with E-state index >= 15 is 0 Å². The molecular weight excluding hydrogens is 699 g/mol. The second kappa shape index (κ2) is 15.6. The van der Waals surface area contributed by atoms with Gasteiger partial charge in [-0.25, -0.2) is 9.97 Å². The van der Waals surface area contributed by atoms with Gasteiger partial charge in [0, 0.05) is 57.9 Å². The van der Waals surface area contributed by atoms with Crippen LogP contribution in [-0.4, -0.2) is 113 Å².